The maximum atomic E-state index is 14.2. The number of carbonyl (C=O) groups excluding carboxylic acids is 1. The maximum Gasteiger partial charge on any atom is 0.439 e. The molecular weight excluding hydrogens is 527 g/mol. The Hall–Kier alpha value is -4.60. The van der Waals surface area contributed by atoms with Crippen molar-refractivity contribution in [1.82, 2.24) is 10.3 Å². The van der Waals surface area contributed by atoms with E-state index in [1.165, 1.54) is 16.8 Å². The van der Waals surface area contributed by atoms with Crippen LogP contribution in [0.3, 0.4) is 0 Å². The fourth-order valence-corrected chi connectivity index (χ4v) is 5.46. The lowest BCUT2D eigenvalue weighted by molar-refractivity contribution is -0.672. The summed E-state index contributed by atoms with van der Waals surface area (Å²) in [4.78, 5) is 31.7. The van der Waals surface area contributed by atoms with Crippen LogP contribution in [0.15, 0.2) is 94.2 Å². The zero-order chi connectivity index (χ0) is 26.4. The van der Waals surface area contributed by atoms with Gasteiger partial charge in [0.25, 0.3) is 5.78 Å². The molecule has 0 bridgehead atoms. The molecule has 0 aliphatic rings. The summed E-state index contributed by atoms with van der Waals surface area (Å²) in [5.41, 5.74) is 8.70. The van der Waals surface area contributed by atoms with Crippen LogP contribution in [0.2, 0.25) is 5.02 Å². The fourth-order valence-electron chi connectivity index (χ4n) is 4.27. The van der Waals surface area contributed by atoms with Gasteiger partial charge in [-0.25, -0.2) is 14.2 Å². The van der Waals surface area contributed by atoms with Crippen molar-refractivity contribution in [2.75, 3.05) is 5.73 Å². The van der Waals surface area contributed by atoms with Gasteiger partial charge in [-0.2, -0.15) is 0 Å². The molecule has 0 aliphatic heterocycles. The highest BCUT2D eigenvalue weighted by molar-refractivity contribution is 7.21. The Labute approximate surface area is 223 Å². The Bertz CT molecular complexity index is 1900. The molecule has 3 aromatic carbocycles. The summed E-state index contributed by atoms with van der Waals surface area (Å²) >= 11 is 7.12. The number of H-pyrrole nitrogens is 1. The van der Waals surface area contributed by atoms with Crippen molar-refractivity contribution < 1.29 is 18.4 Å². The van der Waals surface area contributed by atoms with Crippen LogP contribution >= 0.6 is 22.9 Å². The highest BCUT2D eigenvalue weighted by Gasteiger charge is 2.35. The number of fused-ring (bicyclic) bond motifs is 1. The van der Waals surface area contributed by atoms with Gasteiger partial charge in [0.15, 0.2) is 0 Å². The van der Waals surface area contributed by atoms with Crippen LogP contribution in [0.1, 0.15) is 15.4 Å². The van der Waals surface area contributed by atoms with Crippen molar-refractivity contribution in [3.63, 3.8) is 0 Å². The quantitative estimate of drug-likeness (QED) is 0.211. The molecule has 6 aromatic rings. The van der Waals surface area contributed by atoms with Gasteiger partial charge in [0.05, 0.1) is 11.4 Å². The molecule has 0 fully saturated rings. The Morgan fingerprint density at radius 3 is 2.50 bits per heavy atom. The smallest absolute Gasteiger partial charge is 0.397 e. The second-order valence-electron chi connectivity index (χ2n) is 8.43. The molecule has 38 heavy (non-hydrogen) atoms. The molecule has 3 N–H and O–H groups in total. The Morgan fingerprint density at radius 1 is 1.00 bits per heavy atom. The number of hydrogen-bond acceptors (Lipinski definition) is 6. The zero-order valence-corrected chi connectivity index (χ0v) is 21.0. The van der Waals surface area contributed by atoms with E-state index in [1.54, 1.807) is 54.6 Å². The molecule has 3 aromatic heterocycles. The monoisotopic (exact) mass is 543 g/mol. The van der Waals surface area contributed by atoms with Gasteiger partial charge in [-0.05, 0) is 51.4 Å². The number of nitrogen functional groups attached to an aromatic ring is 1. The number of halogens is 2. The van der Waals surface area contributed by atoms with Crippen LogP contribution in [-0.2, 0) is 0 Å². The van der Waals surface area contributed by atoms with E-state index in [9.17, 15) is 14.0 Å². The molecule has 0 atom stereocenters. The average Bonchev–Trinajstić information content (AvgIpc) is 3.48. The van der Waals surface area contributed by atoms with E-state index in [2.05, 4.69) is 5.27 Å². The van der Waals surface area contributed by atoms with Crippen LogP contribution in [-0.4, -0.2) is 16.0 Å². The number of nitrogens with two attached hydrogens (primary N) is 1. The van der Waals surface area contributed by atoms with Gasteiger partial charge in [-0.15, -0.1) is 11.3 Å². The number of pyridine rings is 1. The molecule has 0 saturated carbocycles. The van der Waals surface area contributed by atoms with Gasteiger partial charge in [0.1, 0.15) is 15.5 Å². The van der Waals surface area contributed by atoms with Gasteiger partial charge in [-0.3, -0.25) is 9.32 Å². The summed E-state index contributed by atoms with van der Waals surface area (Å²) in [5, 5.41) is 3.54. The van der Waals surface area contributed by atoms with E-state index in [0.29, 0.717) is 37.7 Å². The fraction of sp³-hybridized carbons (Fsp3) is 0. The van der Waals surface area contributed by atoms with Crippen LogP contribution in [0.5, 0.6) is 0 Å². The molecular formula is C28H17ClFN4O3S+. The van der Waals surface area contributed by atoms with Crippen molar-refractivity contribution in [3.8, 4) is 28.1 Å². The highest BCUT2D eigenvalue weighted by atomic mass is 35.5. The normalized spacial score (nSPS) is 11.2. The van der Waals surface area contributed by atoms with Crippen LogP contribution < -0.4 is 16.0 Å². The van der Waals surface area contributed by atoms with E-state index in [1.807, 2.05) is 18.2 Å². The maximum absolute atomic E-state index is 14.2. The van der Waals surface area contributed by atoms with Crippen molar-refractivity contribution in [1.29, 1.82) is 0 Å². The first-order valence-corrected chi connectivity index (χ1v) is 12.6. The largest absolute Gasteiger partial charge is 0.439 e. The van der Waals surface area contributed by atoms with Crippen LogP contribution in [0, 0.1) is 5.82 Å². The number of nitrogens with zero attached hydrogens (tertiary/aromatic N) is 2. The number of para-hydroxylation sites is 1. The van der Waals surface area contributed by atoms with E-state index >= 15 is 0 Å². The summed E-state index contributed by atoms with van der Waals surface area (Å²) in [7, 11) is 0. The van der Waals surface area contributed by atoms with E-state index in [0.717, 1.165) is 16.9 Å². The van der Waals surface area contributed by atoms with Crippen LogP contribution in [0.4, 0.5) is 10.1 Å². The van der Waals surface area contributed by atoms with Crippen LogP contribution in [0.25, 0.3) is 38.3 Å². The van der Waals surface area contributed by atoms with Crippen molar-refractivity contribution >= 4 is 44.6 Å². The molecule has 0 unspecified atom stereocenters. The number of rotatable bonds is 5. The predicted octanol–water partition coefficient (Wildman–Crippen LogP) is 5.79. The Balaban J connectivity index is 1.58. The Morgan fingerprint density at radius 2 is 1.76 bits per heavy atom. The predicted molar refractivity (Wildman–Crippen MR) is 144 cm³/mol. The lowest BCUT2D eigenvalue weighted by atomic mass is 9.99. The summed E-state index contributed by atoms with van der Waals surface area (Å²) in [5.74, 6) is -1.04. The van der Waals surface area contributed by atoms with E-state index < -0.39 is 17.2 Å². The topological polar surface area (TPSA) is 106 Å². The summed E-state index contributed by atoms with van der Waals surface area (Å²) in [6.07, 6.45) is 0. The van der Waals surface area contributed by atoms with Gasteiger partial charge in [0.2, 0.25) is 5.69 Å². The number of nitrogens with one attached hydrogen (secondary N) is 1. The lowest BCUT2D eigenvalue weighted by Crippen LogP contribution is -2.41. The summed E-state index contributed by atoms with van der Waals surface area (Å²) in [6.45, 7) is 0. The standard InChI is InChI=1S/C28H16ClFN4O3S/c29-17-11-9-15(10-12-17)21-14-20(16-5-4-6-18(30)13-16)22-23(31)26(38-27(22)32-21)25(35)24-28(36)37-33-34(24)19-7-2-1-3-8-19/h1-14H,(H2-,31,33,35,36)/p+1. The number of ketones is 1. The van der Waals surface area contributed by atoms with Crippen molar-refractivity contribution in [2.24, 2.45) is 0 Å². The van der Waals surface area contributed by atoms with Crippen molar-refractivity contribution in [2.45, 2.75) is 0 Å². The minimum absolute atomic E-state index is 0.120. The van der Waals surface area contributed by atoms with Gasteiger partial charge >= 0.3 is 11.3 Å². The van der Waals surface area contributed by atoms with Gasteiger partial charge < -0.3 is 5.73 Å². The minimum atomic E-state index is -0.837. The molecule has 0 spiro atoms. The highest BCUT2D eigenvalue weighted by Crippen LogP contribution is 2.42. The molecule has 0 aliphatic carbocycles. The molecule has 0 amide bonds. The lowest BCUT2D eigenvalue weighted by Gasteiger charge is -2.09. The molecule has 186 valence electrons. The summed E-state index contributed by atoms with van der Waals surface area (Å²) < 4.78 is 20.5. The molecule has 10 heteroatoms. The molecule has 0 radical (unpaired) electrons. The first-order chi connectivity index (χ1) is 18.4. The van der Waals surface area contributed by atoms with E-state index in [4.69, 9.17) is 26.8 Å². The zero-order valence-electron chi connectivity index (χ0n) is 19.4. The minimum Gasteiger partial charge on any atom is -0.397 e. The number of anilines is 1. The number of aromatic nitrogens is 3. The molecule has 0 saturated heterocycles. The number of thiophene rings is 1. The van der Waals surface area contributed by atoms with E-state index in [-0.39, 0.29) is 16.3 Å². The third-order valence-corrected chi connectivity index (χ3v) is 7.41. The third kappa shape index (κ3) is 4.07. The molecule has 6 rings (SSSR count). The second-order valence-corrected chi connectivity index (χ2v) is 9.86. The Kier molecular flexibility index (Phi) is 5.86. The average molecular weight is 544 g/mol. The molecule has 3 heterocycles. The first-order valence-electron chi connectivity index (χ1n) is 11.4. The van der Waals surface area contributed by atoms with Crippen molar-refractivity contribution in [3.05, 3.63) is 117 Å². The number of benzene rings is 3. The molecule has 7 nitrogen and oxygen atoms in total. The van der Waals surface area contributed by atoms with Gasteiger partial charge in [-0.1, -0.05) is 54.1 Å². The number of carbonyl (C=O) groups is 1. The SMILES string of the molecule is Nc1c(C(=O)c2c(=O)o[nH][n+]2-c2ccccc2)sc2nc(-c3ccc(Cl)cc3)cc(-c3cccc(F)c3)c12. The summed E-state index contributed by atoms with van der Waals surface area (Å²) in [6, 6.07) is 23.8. The second kappa shape index (κ2) is 9.37. The van der Waals surface area contributed by atoms with Gasteiger partial charge in [0, 0.05) is 28.1 Å². The first kappa shape index (κ1) is 23.8. The number of hydrogen-bond donors (Lipinski definition) is 2. The third-order valence-electron chi connectivity index (χ3n) is 6.06. The number of aromatic amines is 1.